The number of amides is 1. The van der Waals surface area contributed by atoms with Gasteiger partial charge in [-0.25, -0.2) is 4.79 Å². The fraction of sp³-hybridized carbons (Fsp3) is 0.909. The van der Waals surface area contributed by atoms with Crippen LogP contribution in [0.15, 0.2) is 0 Å². The average molecular weight is 496 g/mol. The maximum absolute atomic E-state index is 13.3. The zero-order valence-electron chi connectivity index (χ0n) is 19.3. The molecule has 0 aliphatic carbocycles. The highest BCUT2D eigenvalue weighted by molar-refractivity contribution is 5.89. The third-order valence-electron chi connectivity index (χ3n) is 5.23. The second kappa shape index (κ2) is 15.4. The zero-order chi connectivity index (χ0) is 25.5. The molecule has 4 nitrogen and oxygen atoms in total. The molecule has 0 aliphatic heterocycles. The summed E-state index contributed by atoms with van der Waals surface area (Å²) in [7, 11) is 0. The second-order valence-corrected chi connectivity index (χ2v) is 8.25. The number of esters is 1. The predicted octanol–water partition coefficient (Wildman–Crippen LogP) is 6.96. The Bertz CT molecular complexity index is 569. The maximum atomic E-state index is 13.3. The summed E-state index contributed by atoms with van der Waals surface area (Å²) in [5, 5.41) is 1.15. The molecule has 0 heterocycles. The fourth-order valence-electron chi connectivity index (χ4n) is 3.08. The number of unbranched alkanes of at least 4 members (excludes halogenated alkanes) is 12. The van der Waals surface area contributed by atoms with Crippen LogP contribution in [0.3, 0.4) is 0 Å². The van der Waals surface area contributed by atoms with Crippen molar-refractivity contribution in [1.29, 1.82) is 0 Å². The molecule has 0 bridgehead atoms. The van der Waals surface area contributed by atoms with Crippen LogP contribution < -0.4 is 5.32 Å². The van der Waals surface area contributed by atoms with E-state index in [1.54, 1.807) is 0 Å². The minimum atomic E-state index is -6.63. The number of nitrogens with one attached hydrogen (secondary N) is 1. The van der Waals surface area contributed by atoms with Crippen LogP contribution >= 0.6 is 0 Å². The van der Waals surface area contributed by atoms with Gasteiger partial charge in [0.05, 0.1) is 6.61 Å². The van der Waals surface area contributed by atoms with Gasteiger partial charge in [0.15, 0.2) is 0 Å². The summed E-state index contributed by atoms with van der Waals surface area (Å²) in [6.45, 7) is 2.96. The smallest absolute Gasteiger partial charge is 0.460 e. The lowest BCUT2D eigenvalue weighted by atomic mass is 10.0. The van der Waals surface area contributed by atoms with Crippen LogP contribution in [0.1, 0.15) is 97.3 Å². The Balaban J connectivity index is 3.95. The van der Waals surface area contributed by atoms with Crippen molar-refractivity contribution < 1.29 is 45.1 Å². The molecular weight excluding hydrogens is 459 g/mol. The minimum absolute atomic E-state index is 0.0775. The van der Waals surface area contributed by atoms with Crippen molar-refractivity contribution in [3.05, 3.63) is 0 Å². The molecule has 0 aromatic carbocycles. The van der Waals surface area contributed by atoms with Gasteiger partial charge in [-0.15, -0.1) is 0 Å². The van der Waals surface area contributed by atoms with Gasteiger partial charge in [0.25, 0.3) is 5.91 Å². The number of hydrogen-bond acceptors (Lipinski definition) is 3. The molecule has 1 unspecified atom stereocenters. The number of carbonyl (C=O) groups is 2. The van der Waals surface area contributed by atoms with E-state index in [2.05, 4.69) is 6.92 Å². The van der Waals surface area contributed by atoms with Crippen molar-refractivity contribution >= 4 is 11.9 Å². The van der Waals surface area contributed by atoms with Gasteiger partial charge in [-0.1, -0.05) is 84.0 Å². The molecule has 0 spiro atoms. The van der Waals surface area contributed by atoms with Crippen LogP contribution in [-0.2, 0) is 14.3 Å². The second-order valence-electron chi connectivity index (χ2n) is 8.25. The van der Waals surface area contributed by atoms with Crippen LogP contribution in [0.4, 0.5) is 30.7 Å². The Hall–Kier alpha value is -1.55. The van der Waals surface area contributed by atoms with E-state index in [0.717, 1.165) is 44.3 Å². The van der Waals surface area contributed by atoms with Gasteiger partial charge in [0.1, 0.15) is 6.04 Å². The molecule has 196 valence electrons. The van der Waals surface area contributed by atoms with Crippen molar-refractivity contribution in [2.45, 2.75) is 121 Å². The largest absolute Gasteiger partial charge is 0.464 e. The Labute approximate surface area is 191 Å². The minimum Gasteiger partial charge on any atom is -0.464 e. The van der Waals surface area contributed by atoms with Gasteiger partial charge in [0.2, 0.25) is 0 Å². The number of alkyl halides is 7. The van der Waals surface area contributed by atoms with Crippen LogP contribution in [0.2, 0.25) is 0 Å². The summed E-state index contributed by atoms with van der Waals surface area (Å²) in [5.41, 5.74) is 0. The number of halogens is 7. The standard InChI is InChI=1S/C22H36F7NO3/c1-3-4-5-6-7-8-9-10-11-12-13-14-15-16-33-18(31)17(2)30-19(32)20(23,24)21(25,26)22(27,28)29/h17H,3-16H2,1-2H3,(H,30,32). The summed E-state index contributed by atoms with van der Waals surface area (Å²) in [6, 6.07) is -1.81. The summed E-state index contributed by atoms with van der Waals surface area (Å²) >= 11 is 0. The van der Waals surface area contributed by atoms with Crippen LogP contribution in [0.5, 0.6) is 0 Å². The number of carbonyl (C=O) groups excluding carboxylic acids is 2. The molecule has 1 amide bonds. The first kappa shape index (κ1) is 31.4. The molecule has 1 N–H and O–H groups in total. The molecule has 0 radical (unpaired) electrons. The van der Waals surface area contributed by atoms with Gasteiger partial charge in [-0.05, 0) is 13.3 Å². The molecule has 0 fully saturated rings. The third kappa shape index (κ3) is 11.4. The van der Waals surface area contributed by atoms with Crippen molar-refractivity contribution in [1.82, 2.24) is 5.32 Å². The lowest BCUT2D eigenvalue weighted by Gasteiger charge is -2.27. The van der Waals surface area contributed by atoms with Crippen LogP contribution in [0, 0.1) is 0 Å². The molecule has 0 saturated heterocycles. The Morgan fingerprint density at radius 1 is 0.727 bits per heavy atom. The molecule has 0 rings (SSSR count). The number of ether oxygens (including phenoxy) is 1. The van der Waals surface area contributed by atoms with E-state index in [4.69, 9.17) is 4.74 Å². The molecule has 0 aliphatic rings. The van der Waals surface area contributed by atoms with E-state index in [1.807, 2.05) is 0 Å². The third-order valence-corrected chi connectivity index (χ3v) is 5.23. The quantitative estimate of drug-likeness (QED) is 0.127. The Morgan fingerprint density at radius 3 is 1.52 bits per heavy atom. The van der Waals surface area contributed by atoms with Gasteiger partial charge < -0.3 is 10.1 Å². The molecule has 11 heteroatoms. The number of rotatable bonds is 18. The van der Waals surface area contributed by atoms with E-state index in [9.17, 15) is 40.3 Å². The molecule has 0 aromatic heterocycles. The van der Waals surface area contributed by atoms with Crippen LogP contribution in [0.25, 0.3) is 0 Å². The average Bonchev–Trinajstić information content (AvgIpc) is 2.72. The van der Waals surface area contributed by atoms with Gasteiger partial charge >= 0.3 is 24.0 Å². The van der Waals surface area contributed by atoms with Crippen molar-refractivity contribution in [3.63, 3.8) is 0 Å². The number of hydrogen-bond donors (Lipinski definition) is 1. The fourth-order valence-corrected chi connectivity index (χ4v) is 3.08. The van der Waals surface area contributed by atoms with Crippen molar-refractivity contribution in [2.24, 2.45) is 0 Å². The van der Waals surface area contributed by atoms with E-state index in [-0.39, 0.29) is 6.61 Å². The summed E-state index contributed by atoms with van der Waals surface area (Å²) < 4.78 is 93.3. The predicted molar refractivity (Wildman–Crippen MR) is 110 cm³/mol. The monoisotopic (exact) mass is 495 g/mol. The highest BCUT2D eigenvalue weighted by atomic mass is 19.4. The SMILES string of the molecule is CCCCCCCCCCCCCCCOC(=O)C(C)NC(=O)C(F)(F)C(F)(F)C(F)(F)F. The summed E-state index contributed by atoms with van der Waals surface area (Å²) in [6.07, 6.45) is 7.65. The highest BCUT2D eigenvalue weighted by Gasteiger charge is 2.76. The maximum Gasteiger partial charge on any atom is 0.460 e. The molecule has 0 saturated carbocycles. The Morgan fingerprint density at radius 2 is 1.12 bits per heavy atom. The normalized spacial score (nSPS) is 13.6. The van der Waals surface area contributed by atoms with Gasteiger partial charge in [-0.3, -0.25) is 4.79 Å². The van der Waals surface area contributed by atoms with Gasteiger partial charge in [0, 0.05) is 0 Å². The summed E-state index contributed by atoms with van der Waals surface area (Å²) in [5.74, 6) is -16.8. The Kier molecular flexibility index (Phi) is 14.6. The van der Waals surface area contributed by atoms with E-state index < -0.39 is 35.9 Å². The van der Waals surface area contributed by atoms with E-state index >= 15 is 0 Å². The van der Waals surface area contributed by atoms with E-state index in [0.29, 0.717) is 6.42 Å². The van der Waals surface area contributed by atoms with E-state index in [1.165, 1.54) is 44.9 Å². The first-order valence-corrected chi connectivity index (χ1v) is 11.6. The molecular formula is C22H36F7NO3. The van der Waals surface area contributed by atoms with Gasteiger partial charge in [-0.2, -0.15) is 30.7 Å². The highest BCUT2D eigenvalue weighted by Crippen LogP contribution is 2.46. The lowest BCUT2D eigenvalue weighted by Crippen LogP contribution is -2.61. The summed E-state index contributed by atoms with van der Waals surface area (Å²) in [4.78, 5) is 22.9. The van der Waals surface area contributed by atoms with Crippen molar-refractivity contribution in [2.75, 3.05) is 6.61 Å². The lowest BCUT2D eigenvalue weighted by molar-refractivity contribution is -0.344. The first-order valence-electron chi connectivity index (χ1n) is 11.6. The van der Waals surface area contributed by atoms with Crippen molar-refractivity contribution in [3.8, 4) is 0 Å². The van der Waals surface area contributed by atoms with Crippen LogP contribution in [-0.4, -0.2) is 42.5 Å². The molecule has 1 atom stereocenters. The topological polar surface area (TPSA) is 55.4 Å². The molecule has 33 heavy (non-hydrogen) atoms. The molecule has 0 aromatic rings. The zero-order valence-corrected chi connectivity index (χ0v) is 19.3. The first-order chi connectivity index (χ1) is 15.3.